The molecule has 1 saturated heterocycles. The molecule has 0 spiro atoms. The number of nitrogens with zero attached hydrogens (tertiary/aromatic N) is 1. The smallest absolute Gasteiger partial charge is 0.409 e. The van der Waals surface area contributed by atoms with E-state index in [2.05, 4.69) is 0 Å². The highest BCUT2D eigenvalue weighted by Crippen LogP contribution is 2.08. The second-order valence-corrected chi connectivity index (χ2v) is 2.39. The Kier molecular flexibility index (Phi) is 4.66. The van der Waals surface area contributed by atoms with Gasteiger partial charge in [-0.25, -0.2) is 4.79 Å². The summed E-state index contributed by atoms with van der Waals surface area (Å²) in [5.74, 6) is 0. The van der Waals surface area contributed by atoms with Crippen LogP contribution in [0, 0.1) is 0 Å². The van der Waals surface area contributed by atoms with Crippen molar-refractivity contribution in [1.29, 1.82) is 0 Å². The lowest BCUT2D eigenvalue weighted by molar-refractivity contribution is 0.116. The summed E-state index contributed by atoms with van der Waals surface area (Å²) in [4.78, 5) is 12.7. The number of carbonyl (C=O) groups excluding carboxylic acids is 1. The highest BCUT2D eigenvalue weighted by Gasteiger charge is 2.17. The van der Waals surface area contributed by atoms with E-state index in [0.29, 0.717) is 6.61 Å². The summed E-state index contributed by atoms with van der Waals surface area (Å²) in [5.41, 5.74) is 0. The molecule has 1 aliphatic rings. The molecule has 1 heterocycles. The zero-order valence-electron chi connectivity index (χ0n) is 6.30. The molecule has 3 heteroatoms. The monoisotopic (exact) mass is 159 g/mol. The van der Waals surface area contributed by atoms with Gasteiger partial charge >= 0.3 is 6.09 Å². The zero-order valence-corrected chi connectivity index (χ0v) is 6.30. The van der Waals surface area contributed by atoms with Gasteiger partial charge in [0.1, 0.15) is 0 Å². The fourth-order valence-corrected chi connectivity index (χ4v) is 1.11. The maximum Gasteiger partial charge on any atom is 0.409 e. The first-order valence-corrected chi connectivity index (χ1v) is 3.76. The Morgan fingerprint density at radius 2 is 2.00 bits per heavy atom. The minimum absolute atomic E-state index is 0. The first-order chi connectivity index (χ1) is 4.84. The van der Waals surface area contributed by atoms with Gasteiger partial charge in [-0.2, -0.15) is 0 Å². The van der Waals surface area contributed by atoms with Crippen molar-refractivity contribution < 1.29 is 9.53 Å². The molecule has 1 rings (SSSR count). The lowest BCUT2D eigenvalue weighted by atomic mass is 10.4. The third-order valence-corrected chi connectivity index (χ3v) is 1.63. The van der Waals surface area contributed by atoms with E-state index in [0.717, 1.165) is 25.9 Å². The SMILES string of the molecule is C.CCOC(=O)N1CCCC1. The van der Waals surface area contributed by atoms with E-state index in [1.807, 2.05) is 6.92 Å². The van der Waals surface area contributed by atoms with E-state index >= 15 is 0 Å². The van der Waals surface area contributed by atoms with Crippen molar-refractivity contribution in [3.05, 3.63) is 0 Å². The van der Waals surface area contributed by atoms with E-state index in [9.17, 15) is 4.79 Å². The van der Waals surface area contributed by atoms with E-state index < -0.39 is 0 Å². The molecule has 11 heavy (non-hydrogen) atoms. The highest BCUT2D eigenvalue weighted by atomic mass is 16.6. The van der Waals surface area contributed by atoms with Crippen LogP contribution in [0.1, 0.15) is 27.2 Å². The highest BCUT2D eigenvalue weighted by molar-refractivity contribution is 5.67. The largest absolute Gasteiger partial charge is 0.450 e. The number of likely N-dealkylation sites (tertiary alicyclic amines) is 1. The van der Waals surface area contributed by atoms with Gasteiger partial charge in [0.25, 0.3) is 0 Å². The molecule has 1 aliphatic heterocycles. The minimum Gasteiger partial charge on any atom is -0.450 e. The Balaban J connectivity index is 0.000001000. The van der Waals surface area contributed by atoms with Gasteiger partial charge in [0.2, 0.25) is 0 Å². The van der Waals surface area contributed by atoms with Crippen LogP contribution in [0.4, 0.5) is 4.79 Å². The lowest BCUT2D eigenvalue weighted by Crippen LogP contribution is -2.28. The van der Waals surface area contributed by atoms with Crippen molar-refractivity contribution in [2.24, 2.45) is 0 Å². The molecule has 0 atom stereocenters. The van der Waals surface area contributed by atoms with Crippen LogP contribution in [-0.4, -0.2) is 30.7 Å². The normalized spacial score (nSPS) is 15.9. The molecule has 0 bridgehead atoms. The van der Waals surface area contributed by atoms with Crippen molar-refractivity contribution in [2.75, 3.05) is 19.7 Å². The van der Waals surface area contributed by atoms with Crippen molar-refractivity contribution in [2.45, 2.75) is 27.2 Å². The van der Waals surface area contributed by atoms with E-state index in [4.69, 9.17) is 4.74 Å². The van der Waals surface area contributed by atoms with Crippen molar-refractivity contribution in [3.63, 3.8) is 0 Å². The Bertz CT molecular complexity index is 119. The molecular formula is C8H17NO2. The number of carbonyl (C=O) groups is 1. The molecule has 1 fully saturated rings. The molecule has 0 N–H and O–H groups in total. The third kappa shape index (κ3) is 2.78. The summed E-state index contributed by atoms with van der Waals surface area (Å²) in [7, 11) is 0. The molecule has 3 nitrogen and oxygen atoms in total. The Hall–Kier alpha value is -0.730. The number of hydrogen-bond donors (Lipinski definition) is 0. The van der Waals surface area contributed by atoms with Gasteiger partial charge in [-0.1, -0.05) is 7.43 Å². The number of hydrogen-bond acceptors (Lipinski definition) is 2. The van der Waals surface area contributed by atoms with Gasteiger partial charge in [-0.3, -0.25) is 0 Å². The summed E-state index contributed by atoms with van der Waals surface area (Å²) in [6, 6.07) is 0. The molecule has 0 unspecified atom stereocenters. The molecule has 0 aromatic rings. The quantitative estimate of drug-likeness (QED) is 0.584. The molecule has 0 aromatic carbocycles. The topological polar surface area (TPSA) is 29.5 Å². The second kappa shape index (κ2) is 4.99. The van der Waals surface area contributed by atoms with Gasteiger partial charge < -0.3 is 9.64 Å². The molecule has 0 aromatic heterocycles. The standard InChI is InChI=1S/C7H13NO2.CH4/c1-2-10-7(9)8-5-3-4-6-8;/h2-6H2,1H3;1H4. The lowest BCUT2D eigenvalue weighted by Gasteiger charge is -2.13. The van der Waals surface area contributed by atoms with Crippen LogP contribution in [0.25, 0.3) is 0 Å². The second-order valence-electron chi connectivity index (χ2n) is 2.39. The van der Waals surface area contributed by atoms with E-state index in [-0.39, 0.29) is 13.5 Å². The Morgan fingerprint density at radius 1 is 1.45 bits per heavy atom. The average Bonchev–Trinajstić information content (AvgIpc) is 2.38. The fraction of sp³-hybridized carbons (Fsp3) is 0.875. The molecule has 0 saturated carbocycles. The molecule has 66 valence electrons. The van der Waals surface area contributed by atoms with Crippen LogP contribution in [0.5, 0.6) is 0 Å². The molecule has 0 aliphatic carbocycles. The van der Waals surface area contributed by atoms with Crippen molar-refractivity contribution in [3.8, 4) is 0 Å². The Labute approximate surface area is 68.3 Å². The predicted octanol–water partition coefficient (Wildman–Crippen LogP) is 1.87. The number of rotatable bonds is 1. The molecule has 1 amide bonds. The third-order valence-electron chi connectivity index (χ3n) is 1.63. The van der Waals surface area contributed by atoms with E-state index in [1.165, 1.54) is 0 Å². The van der Waals surface area contributed by atoms with Crippen LogP contribution in [-0.2, 0) is 4.74 Å². The maximum absolute atomic E-state index is 10.9. The summed E-state index contributed by atoms with van der Waals surface area (Å²) < 4.78 is 4.81. The number of amides is 1. The van der Waals surface area contributed by atoms with Gasteiger partial charge in [0.05, 0.1) is 6.61 Å². The molecular weight excluding hydrogens is 142 g/mol. The first-order valence-electron chi connectivity index (χ1n) is 3.76. The minimum atomic E-state index is -0.153. The maximum atomic E-state index is 10.9. The average molecular weight is 159 g/mol. The summed E-state index contributed by atoms with van der Waals surface area (Å²) in [6.45, 7) is 4.06. The van der Waals surface area contributed by atoms with Gasteiger partial charge in [-0.15, -0.1) is 0 Å². The van der Waals surface area contributed by atoms with Crippen LogP contribution >= 0.6 is 0 Å². The van der Waals surface area contributed by atoms with E-state index in [1.54, 1.807) is 4.90 Å². The van der Waals surface area contributed by atoms with Crippen LogP contribution in [0.15, 0.2) is 0 Å². The van der Waals surface area contributed by atoms with Gasteiger partial charge in [-0.05, 0) is 19.8 Å². The summed E-state index contributed by atoms with van der Waals surface area (Å²) in [6.07, 6.45) is 2.09. The number of ether oxygens (including phenoxy) is 1. The first kappa shape index (κ1) is 10.3. The van der Waals surface area contributed by atoms with Gasteiger partial charge in [0.15, 0.2) is 0 Å². The van der Waals surface area contributed by atoms with Crippen molar-refractivity contribution >= 4 is 6.09 Å². The molecule has 0 radical (unpaired) electrons. The summed E-state index contributed by atoms with van der Waals surface area (Å²) >= 11 is 0. The van der Waals surface area contributed by atoms with Crippen LogP contribution in [0.2, 0.25) is 0 Å². The van der Waals surface area contributed by atoms with Crippen LogP contribution < -0.4 is 0 Å². The van der Waals surface area contributed by atoms with Gasteiger partial charge in [0, 0.05) is 13.1 Å². The zero-order chi connectivity index (χ0) is 7.40. The van der Waals surface area contributed by atoms with Crippen molar-refractivity contribution in [1.82, 2.24) is 4.90 Å². The predicted molar refractivity (Wildman–Crippen MR) is 44.6 cm³/mol. The summed E-state index contributed by atoms with van der Waals surface area (Å²) in [5, 5.41) is 0. The van der Waals surface area contributed by atoms with Crippen LogP contribution in [0.3, 0.4) is 0 Å². The Morgan fingerprint density at radius 3 is 2.45 bits per heavy atom. The fourth-order valence-electron chi connectivity index (χ4n) is 1.11.